The van der Waals surface area contributed by atoms with Crippen LogP contribution in [0.25, 0.3) is 0 Å². The first kappa shape index (κ1) is 13.0. The number of rotatable bonds is 5. The fourth-order valence-electron chi connectivity index (χ4n) is 1.36. The van der Waals surface area contributed by atoms with Crippen LogP contribution in [0.2, 0.25) is 0 Å². The van der Waals surface area contributed by atoms with E-state index >= 15 is 0 Å². The van der Waals surface area contributed by atoms with Gasteiger partial charge in [-0.15, -0.1) is 11.6 Å². The summed E-state index contributed by atoms with van der Waals surface area (Å²) in [5.74, 6) is 0.399. The lowest BCUT2D eigenvalue weighted by Gasteiger charge is -2.08. The van der Waals surface area contributed by atoms with E-state index in [1.165, 1.54) is 5.56 Å². The first-order valence-corrected chi connectivity index (χ1v) is 6.03. The summed E-state index contributed by atoms with van der Waals surface area (Å²) in [5, 5.41) is 0. The van der Waals surface area contributed by atoms with Crippen LogP contribution in [-0.4, -0.2) is 18.0 Å². The van der Waals surface area contributed by atoms with Gasteiger partial charge in [0.25, 0.3) is 0 Å². The van der Waals surface area contributed by atoms with Crippen molar-refractivity contribution in [3.8, 4) is 0 Å². The third kappa shape index (κ3) is 4.23. The Labute approximate surface area is 102 Å². The average molecular weight is 241 g/mol. The second-order valence-electron chi connectivity index (χ2n) is 3.94. The molecule has 0 fully saturated rings. The number of aryl methyl sites for hydroxylation is 1. The molecule has 0 N–H and O–H groups in total. The third-order valence-corrected chi connectivity index (χ3v) is 2.40. The zero-order valence-electron chi connectivity index (χ0n) is 9.70. The van der Waals surface area contributed by atoms with Gasteiger partial charge in [0, 0.05) is 5.88 Å². The van der Waals surface area contributed by atoms with Crippen LogP contribution in [-0.2, 0) is 11.2 Å². The van der Waals surface area contributed by atoms with Crippen LogP contribution in [0.3, 0.4) is 0 Å². The standard InChI is InChI=1S/C13H17ClO2/c1-10(2)16-13(15)12-7-5-11(6-8-12)4-3-9-14/h5-8,10H,3-4,9H2,1-2H3. The van der Waals surface area contributed by atoms with Crippen LogP contribution < -0.4 is 0 Å². The van der Waals surface area contributed by atoms with E-state index in [1.807, 2.05) is 26.0 Å². The van der Waals surface area contributed by atoms with Gasteiger partial charge >= 0.3 is 5.97 Å². The number of benzene rings is 1. The lowest BCUT2D eigenvalue weighted by Crippen LogP contribution is -2.11. The molecule has 0 aromatic heterocycles. The summed E-state index contributed by atoms with van der Waals surface area (Å²) in [4.78, 5) is 11.5. The van der Waals surface area contributed by atoms with Gasteiger partial charge < -0.3 is 4.74 Å². The van der Waals surface area contributed by atoms with E-state index in [-0.39, 0.29) is 12.1 Å². The fourth-order valence-corrected chi connectivity index (χ4v) is 1.49. The summed E-state index contributed by atoms with van der Waals surface area (Å²) in [6.45, 7) is 3.68. The molecular formula is C13H17ClO2. The maximum Gasteiger partial charge on any atom is 0.338 e. The highest BCUT2D eigenvalue weighted by Crippen LogP contribution is 2.09. The van der Waals surface area contributed by atoms with Gasteiger partial charge in [0.1, 0.15) is 0 Å². The number of carbonyl (C=O) groups is 1. The van der Waals surface area contributed by atoms with Crippen molar-refractivity contribution in [2.75, 3.05) is 5.88 Å². The Morgan fingerprint density at radius 2 is 1.94 bits per heavy atom. The van der Waals surface area contributed by atoms with Crippen LogP contribution in [0.1, 0.15) is 36.2 Å². The molecular weight excluding hydrogens is 224 g/mol. The third-order valence-electron chi connectivity index (χ3n) is 2.13. The van der Waals surface area contributed by atoms with Crippen molar-refractivity contribution < 1.29 is 9.53 Å². The SMILES string of the molecule is CC(C)OC(=O)c1ccc(CCCCl)cc1. The van der Waals surface area contributed by atoms with Crippen molar-refractivity contribution in [3.63, 3.8) is 0 Å². The highest BCUT2D eigenvalue weighted by atomic mass is 35.5. The van der Waals surface area contributed by atoms with E-state index in [4.69, 9.17) is 16.3 Å². The van der Waals surface area contributed by atoms with E-state index in [9.17, 15) is 4.79 Å². The Morgan fingerprint density at radius 1 is 1.31 bits per heavy atom. The Morgan fingerprint density at radius 3 is 2.44 bits per heavy atom. The monoisotopic (exact) mass is 240 g/mol. The summed E-state index contributed by atoms with van der Waals surface area (Å²) in [6, 6.07) is 7.50. The molecule has 0 aliphatic rings. The van der Waals surface area contributed by atoms with Crippen molar-refractivity contribution in [1.29, 1.82) is 0 Å². The molecule has 0 atom stereocenters. The lowest BCUT2D eigenvalue weighted by molar-refractivity contribution is 0.0378. The van der Waals surface area contributed by atoms with Crippen molar-refractivity contribution in [1.82, 2.24) is 0 Å². The summed E-state index contributed by atoms with van der Waals surface area (Å²) in [7, 11) is 0. The first-order valence-electron chi connectivity index (χ1n) is 5.49. The molecule has 16 heavy (non-hydrogen) atoms. The number of hydrogen-bond donors (Lipinski definition) is 0. The minimum absolute atomic E-state index is 0.0802. The molecule has 1 aromatic carbocycles. The number of carbonyl (C=O) groups excluding carboxylic acids is 1. The molecule has 0 aliphatic heterocycles. The van der Waals surface area contributed by atoms with Gasteiger partial charge in [-0.2, -0.15) is 0 Å². The number of alkyl halides is 1. The number of halogens is 1. The summed E-state index contributed by atoms with van der Waals surface area (Å²) < 4.78 is 5.10. The van der Waals surface area contributed by atoms with Crippen molar-refractivity contribution in [2.45, 2.75) is 32.8 Å². The maximum absolute atomic E-state index is 11.5. The summed E-state index contributed by atoms with van der Waals surface area (Å²) in [5.41, 5.74) is 1.80. The molecule has 1 aromatic rings. The Kier molecular flexibility index (Phi) is 5.33. The van der Waals surface area contributed by atoms with Crippen LogP contribution in [0.5, 0.6) is 0 Å². The van der Waals surface area contributed by atoms with Gasteiger partial charge in [-0.05, 0) is 44.4 Å². The Bertz CT molecular complexity index is 330. The summed E-state index contributed by atoms with van der Waals surface area (Å²) in [6.07, 6.45) is 1.82. The highest BCUT2D eigenvalue weighted by molar-refractivity contribution is 6.17. The number of esters is 1. The molecule has 2 nitrogen and oxygen atoms in total. The quantitative estimate of drug-likeness (QED) is 0.582. The second-order valence-corrected chi connectivity index (χ2v) is 4.32. The average Bonchev–Trinajstić information content (AvgIpc) is 2.26. The number of hydrogen-bond acceptors (Lipinski definition) is 2. The maximum atomic E-state index is 11.5. The second kappa shape index (κ2) is 6.54. The molecule has 0 saturated heterocycles. The molecule has 0 bridgehead atoms. The fraction of sp³-hybridized carbons (Fsp3) is 0.462. The zero-order valence-corrected chi connectivity index (χ0v) is 10.5. The highest BCUT2D eigenvalue weighted by Gasteiger charge is 2.08. The van der Waals surface area contributed by atoms with Gasteiger partial charge in [0.05, 0.1) is 11.7 Å². The van der Waals surface area contributed by atoms with E-state index in [0.29, 0.717) is 11.4 Å². The largest absolute Gasteiger partial charge is 0.459 e. The molecule has 0 radical (unpaired) electrons. The smallest absolute Gasteiger partial charge is 0.338 e. The molecule has 0 amide bonds. The van der Waals surface area contributed by atoms with Crippen molar-refractivity contribution in [2.24, 2.45) is 0 Å². The number of ether oxygens (including phenoxy) is 1. The van der Waals surface area contributed by atoms with Crippen molar-refractivity contribution in [3.05, 3.63) is 35.4 Å². The predicted molar refractivity (Wildman–Crippen MR) is 66.0 cm³/mol. The minimum atomic E-state index is -0.265. The molecule has 0 aliphatic carbocycles. The topological polar surface area (TPSA) is 26.3 Å². The van der Waals surface area contributed by atoms with Gasteiger partial charge in [0.2, 0.25) is 0 Å². The van der Waals surface area contributed by atoms with E-state index in [2.05, 4.69) is 0 Å². The predicted octanol–water partition coefficient (Wildman–Crippen LogP) is 3.42. The summed E-state index contributed by atoms with van der Waals surface area (Å²) >= 11 is 5.62. The Balaban J connectivity index is 2.60. The normalized spacial score (nSPS) is 10.5. The van der Waals surface area contributed by atoms with Gasteiger partial charge in [0.15, 0.2) is 0 Å². The first-order chi connectivity index (χ1) is 7.63. The molecule has 0 heterocycles. The molecule has 88 valence electrons. The lowest BCUT2D eigenvalue weighted by atomic mass is 10.1. The van der Waals surface area contributed by atoms with Crippen LogP contribution in [0.4, 0.5) is 0 Å². The molecule has 0 saturated carbocycles. The molecule has 0 spiro atoms. The van der Waals surface area contributed by atoms with Crippen LogP contribution >= 0.6 is 11.6 Å². The molecule has 0 unspecified atom stereocenters. The van der Waals surface area contributed by atoms with E-state index in [1.54, 1.807) is 12.1 Å². The van der Waals surface area contributed by atoms with E-state index < -0.39 is 0 Å². The molecule has 1 rings (SSSR count). The van der Waals surface area contributed by atoms with Gasteiger partial charge in [-0.3, -0.25) is 0 Å². The van der Waals surface area contributed by atoms with Crippen LogP contribution in [0, 0.1) is 0 Å². The van der Waals surface area contributed by atoms with Gasteiger partial charge in [-0.25, -0.2) is 4.79 Å². The molecule has 3 heteroatoms. The van der Waals surface area contributed by atoms with Gasteiger partial charge in [-0.1, -0.05) is 12.1 Å². The zero-order chi connectivity index (χ0) is 12.0. The Hall–Kier alpha value is -1.02. The van der Waals surface area contributed by atoms with Crippen LogP contribution in [0.15, 0.2) is 24.3 Å². The minimum Gasteiger partial charge on any atom is -0.459 e. The van der Waals surface area contributed by atoms with Crippen molar-refractivity contribution >= 4 is 17.6 Å². The van der Waals surface area contributed by atoms with E-state index in [0.717, 1.165) is 12.8 Å².